The molecular weight excluding hydrogens is 372 g/mol. The predicted molar refractivity (Wildman–Crippen MR) is 110 cm³/mol. The van der Waals surface area contributed by atoms with Crippen LogP contribution in [0.4, 0.5) is 5.95 Å². The van der Waals surface area contributed by atoms with Crippen molar-refractivity contribution in [2.75, 3.05) is 44.2 Å². The number of piperazine rings is 1. The molecule has 0 bridgehead atoms. The van der Waals surface area contributed by atoms with Gasteiger partial charge < -0.3 is 9.80 Å². The first-order valence-electron chi connectivity index (χ1n) is 10.2. The standard InChI is InChI=1S/C20H28N6OS/c1-2-18-23-17(15-28-18)14-24-9-11-25(12-10-24)19(27)16-5-3-8-26(13-16)20-21-6-4-7-22-20/h4,6-7,15-16H,2-3,5,8-14H2,1H3. The van der Waals surface area contributed by atoms with E-state index in [4.69, 9.17) is 0 Å². The molecule has 1 atom stereocenters. The maximum absolute atomic E-state index is 13.1. The molecule has 0 saturated carbocycles. The van der Waals surface area contributed by atoms with Crippen LogP contribution in [-0.2, 0) is 17.8 Å². The molecule has 1 amide bonds. The number of amides is 1. The molecule has 2 aromatic rings. The lowest BCUT2D eigenvalue weighted by Gasteiger charge is -2.38. The Balaban J connectivity index is 1.28. The highest BCUT2D eigenvalue weighted by Crippen LogP contribution is 2.22. The molecule has 0 N–H and O–H groups in total. The summed E-state index contributed by atoms with van der Waals surface area (Å²) in [6, 6.07) is 1.82. The van der Waals surface area contributed by atoms with Crippen molar-refractivity contribution in [2.45, 2.75) is 32.7 Å². The van der Waals surface area contributed by atoms with Gasteiger partial charge >= 0.3 is 0 Å². The van der Waals surface area contributed by atoms with Gasteiger partial charge in [-0.15, -0.1) is 11.3 Å². The van der Waals surface area contributed by atoms with Crippen LogP contribution in [0.2, 0.25) is 0 Å². The highest BCUT2D eigenvalue weighted by atomic mass is 32.1. The normalized spacial score (nSPS) is 21.1. The number of thiazole rings is 1. The number of aryl methyl sites for hydroxylation is 1. The second-order valence-corrected chi connectivity index (χ2v) is 8.46. The van der Waals surface area contributed by atoms with E-state index in [1.165, 1.54) is 5.01 Å². The number of rotatable bonds is 5. The van der Waals surface area contributed by atoms with Crippen LogP contribution in [0.5, 0.6) is 0 Å². The fraction of sp³-hybridized carbons (Fsp3) is 0.600. The second-order valence-electron chi connectivity index (χ2n) is 7.52. The smallest absolute Gasteiger partial charge is 0.227 e. The number of nitrogens with zero attached hydrogens (tertiary/aromatic N) is 6. The summed E-state index contributed by atoms with van der Waals surface area (Å²) in [6.07, 6.45) is 6.50. The van der Waals surface area contributed by atoms with Crippen molar-refractivity contribution in [2.24, 2.45) is 5.92 Å². The Bertz CT molecular complexity index is 774. The molecule has 4 rings (SSSR count). The zero-order valence-corrected chi connectivity index (χ0v) is 17.3. The van der Waals surface area contributed by atoms with Gasteiger partial charge in [-0.25, -0.2) is 15.0 Å². The monoisotopic (exact) mass is 400 g/mol. The van der Waals surface area contributed by atoms with Gasteiger partial charge in [0.25, 0.3) is 0 Å². The van der Waals surface area contributed by atoms with Gasteiger partial charge in [0, 0.05) is 63.6 Å². The van der Waals surface area contributed by atoms with Gasteiger partial charge in [-0.3, -0.25) is 9.69 Å². The Morgan fingerprint density at radius 3 is 2.68 bits per heavy atom. The van der Waals surface area contributed by atoms with Crippen LogP contribution in [0.15, 0.2) is 23.8 Å². The molecule has 7 nitrogen and oxygen atoms in total. The largest absolute Gasteiger partial charge is 0.340 e. The fourth-order valence-electron chi connectivity index (χ4n) is 4.01. The average Bonchev–Trinajstić information content (AvgIpc) is 3.22. The number of carbonyl (C=O) groups is 1. The highest BCUT2D eigenvalue weighted by molar-refractivity contribution is 7.09. The Morgan fingerprint density at radius 1 is 1.18 bits per heavy atom. The third-order valence-corrected chi connectivity index (χ3v) is 6.62. The molecule has 2 aliphatic rings. The van der Waals surface area contributed by atoms with Crippen molar-refractivity contribution in [1.82, 2.24) is 24.8 Å². The summed E-state index contributed by atoms with van der Waals surface area (Å²) in [6.45, 7) is 8.14. The Kier molecular flexibility index (Phi) is 6.17. The van der Waals surface area contributed by atoms with Gasteiger partial charge in [-0.05, 0) is 25.3 Å². The number of carbonyl (C=O) groups excluding carboxylic acids is 1. The van der Waals surface area contributed by atoms with Crippen molar-refractivity contribution in [1.29, 1.82) is 0 Å². The number of piperidine rings is 1. The van der Waals surface area contributed by atoms with Crippen LogP contribution in [-0.4, -0.2) is 69.9 Å². The first-order chi connectivity index (χ1) is 13.7. The van der Waals surface area contributed by atoms with E-state index in [1.807, 2.05) is 6.07 Å². The summed E-state index contributed by atoms with van der Waals surface area (Å²) in [5.74, 6) is 1.08. The van der Waals surface area contributed by atoms with E-state index in [0.717, 1.165) is 76.7 Å². The number of hydrogen-bond donors (Lipinski definition) is 0. The van der Waals surface area contributed by atoms with Gasteiger partial charge in [-0.2, -0.15) is 0 Å². The molecular formula is C20H28N6OS. The fourth-order valence-corrected chi connectivity index (χ4v) is 4.75. The summed E-state index contributed by atoms with van der Waals surface area (Å²) in [5.41, 5.74) is 1.16. The average molecular weight is 401 g/mol. The third-order valence-electron chi connectivity index (χ3n) is 5.58. The number of aromatic nitrogens is 3. The summed E-state index contributed by atoms with van der Waals surface area (Å²) in [7, 11) is 0. The van der Waals surface area contributed by atoms with E-state index in [0.29, 0.717) is 5.91 Å². The molecule has 2 fully saturated rings. The molecule has 2 aliphatic heterocycles. The minimum Gasteiger partial charge on any atom is -0.340 e. The molecule has 2 aromatic heterocycles. The zero-order valence-electron chi connectivity index (χ0n) is 16.5. The summed E-state index contributed by atoms with van der Waals surface area (Å²) >= 11 is 1.74. The zero-order chi connectivity index (χ0) is 19.3. The molecule has 0 aliphatic carbocycles. The van der Waals surface area contributed by atoms with Crippen molar-refractivity contribution in [3.8, 4) is 0 Å². The van der Waals surface area contributed by atoms with Crippen LogP contribution >= 0.6 is 11.3 Å². The Labute approximate surface area is 170 Å². The summed E-state index contributed by atoms with van der Waals surface area (Å²) in [4.78, 5) is 33.0. The maximum Gasteiger partial charge on any atom is 0.227 e. The minimum atomic E-state index is 0.0507. The van der Waals surface area contributed by atoms with Gasteiger partial charge in [0.05, 0.1) is 16.6 Å². The topological polar surface area (TPSA) is 65.5 Å². The molecule has 8 heteroatoms. The lowest BCUT2D eigenvalue weighted by Crippen LogP contribution is -2.52. The Morgan fingerprint density at radius 2 is 1.96 bits per heavy atom. The molecule has 0 radical (unpaired) electrons. The van der Waals surface area contributed by atoms with Crippen LogP contribution in [0, 0.1) is 5.92 Å². The van der Waals surface area contributed by atoms with Gasteiger partial charge in [0.1, 0.15) is 0 Å². The number of hydrogen-bond acceptors (Lipinski definition) is 7. The molecule has 150 valence electrons. The Hall–Kier alpha value is -2.06. The lowest BCUT2D eigenvalue weighted by molar-refractivity contribution is -0.137. The van der Waals surface area contributed by atoms with Crippen molar-refractivity contribution < 1.29 is 4.79 Å². The molecule has 28 heavy (non-hydrogen) atoms. The minimum absolute atomic E-state index is 0.0507. The predicted octanol–water partition coefficient (Wildman–Crippen LogP) is 2.06. The number of anilines is 1. The molecule has 0 aromatic carbocycles. The maximum atomic E-state index is 13.1. The van der Waals surface area contributed by atoms with Crippen LogP contribution < -0.4 is 4.90 Å². The first-order valence-corrected chi connectivity index (χ1v) is 11.1. The second kappa shape index (κ2) is 8.96. The van der Waals surface area contributed by atoms with E-state index >= 15 is 0 Å². The quantitative estimate of drug-likeness (QED) is 0.765. The van der Waals surface area contributed by atoms with Crippen LogP contribution in [0.1, 0.15) is 30.5 Å². The molecule has 0 spiro atoms. The van der Waals surface area contributed by atoms with Crippen LogP contribution in [0.3, 0.4) is 0 Å². The highest BCUT2D eigenvalue weighted by Gasteiger charge is 2.31. The lowest BCUT2D eigenvalue weighted by atomic mass is 9.96. The van der Waals surface area contributed by atoms with E-state index in [-0.39, 0.29) is 5.92 Å². The van der Waals surface area contributed by atoms with Crippen molar-refractivity contribution >= 4 is 23.2 Å². The molecule has 1 unspecified atom stereocenters. The van der Waals surface area contributed by atoms with E-state index in [9.17, 15) is 4.79 Å². The van der Waals surface area contributed by atoms with E-state index in [1.54, 1.807) is 23.7 Å². The first kappa shape index (κ1) is 19.3. The van der Waals surface area contributed by atoms with Crippen molar-refractivity contribution in [3.05, 3.63) is 34.5 Å². The summed E-state index contributed by atoms with van der Waals surface area (Å²) < 4.78 is 0. The SMILES string of the molecule is CCc1nc(CN2CCN(C(=O)C3CCCN(c4ncccn4)C3)CC2)cs1. The van der Waals surface area contributed by atoms with E-state index < -0.39 is 0 Å². The van der Waals surface area contributed by atoms with Gasteiger partial charge in [0.2, 0.25) is 11.9 Å². The van der Waals surface area contributed by atoms with Gasteiger partial charge in [0.15, 0.2) is 0 Å². The molecule has 2 saturated heterocycles. The molecule has 4 heterocycles. The van der Waals surface area contributed by atoms with Crippen LogP contribution in [0.25, 0.3) is 0 Å². The van der Waals surface area contributed by atoms with Crippen molar-refractivity contribution in [3.63, 3.8) is 0 Å². The van der Waals surface area contributed by atoms with E-state index in [2.05, 4.69) is 42.0 Å². The summed E-state index contributed by atoms with van der Waals surface area (Å²) in [5, 5.41) is 3.37. The third kappa shape index (κ3) is 4.50. The van der Waals surface area contributed by atoms with Gasteiger partial charge in [-0.1, -0.05) is 6.92 Å².